The van der Waals surface area contributed by atoms with E-state index < -0.39 is 0 Å². The van der Waals surface area contributed by atoms with Gasteiger partial charge in [0.25, 0.3) is 0 Å². The number of benzene rings is 1. The molecule has 1 aromatic heterocycles. The average Bonchev–Trinajstić information content (AvgIpc) is 2.40. The average molecular weight is 240 g/mol. The molecule has 0 spiro atoms. The van der Waals surface area contributed by atoms with Crippen molar-refractivity contribution in [1.82, 2.24) is 4.98 Å². The fourth-order valence-corrected chi connectivity index (χ4v) is 1.75. The van der Waals surface area contributed by atoms with Crippen LogP contribution in [0.3, 0.4) is 0 Å². The van der Waals surface area contributed by atoms with Gasteiger partial charge < -0.3 is 10.6 Å². The molecule has 0 bridgehead atoms. The van der Waals surface area contributed by atoms with E-state index in [1.807, 2.05) is 43.4 Å². The van der Waals surface area contributed by atoms with Crippen LogP contribution in [0.5, 0.6) is 0 Å². The Morgan fingerprint density at radius 1 is 1.17 bits per heavy atom. The van der Waals surface area contributed by atoms with E-state index in [-0.39, 0.29) is 5.84 Å². The van der Waals surface area contributed by atoms with Crippen molar-refractivity contribution in [3.05, 3.63) is 59.9 Å². The van der Waals surface area contributed by atoms with E-state index in [0.717, 1.165) is 17.8 Å². The minimum Gasteiger partial charge on any atom is -0.384 e. The van der Waals surface area contributed by atoms with E-state index in [2.05, 4.69) is 9.88 Å². The number of rotatable bonds is 4. The van der Waals surface area contributed by atoms with Crippen LogP contribution in [0, 0.1) is 5.41 Å². The molecule has 1 aromatic carbocycles. The van der Waals surface area contributed by atoms with Gasteiger partial charge in [-0.2, -0.15) is 0 Å². The quantitative estimate of drug-likeness (QED) is 0.634. The molecule has 0 amide bonds. The zero-order chi connectivity index (χ0) is 13.0. The Morgan fingerprint density at radius 2 is 1.78 bits per heavy atom. The highest BCUT2D eigenvalue weighted by Crippen LogP contribution is 2.16. The van der Waals surface area contributed by atoms with E-state index in [4.69, 9.17) is 11.1 Å². The Hall–Kier alpha value is -2.36. The van der Waals surface area contributed by atoms with Crippen LogP contribution in [-0.2, 0) is 6.54 Å². The zero-order valence-corrected chi connectivity index (χ0v) is 10.3. The summed E-state index contributed by atoms with van der Waals surface area (Å²) in [5.74, 6) is 0.0957. The summed E-state index contributed by atoms with van der Waals surface area (Å²) in [6, 6.07) is 11.7. The molecule has 0 aliphatic rings. The van der Waals surface area contributed by atoms with Gasteiger partial charge in [-0.25, -0.2) is 0 Å². The molecule has 0 saturated heterocycles. The summed E-state index contributed by atoms with van der Waals surface area (Å²) in [6.45, 7) is 0.821. The smallest absolute Gasteiger partial charge is 0.122 e. The van der Waals surface area contributed by atoms with Gasteiger partial charge in [0.15, 0.2) is 0 Å². The molecule has 2 rings (SSSR count). The van der Waals surface area contributed by atoms with Crippen molar-refractivity contribution in [2.24, 2.45) is 5.73 Å². The summed E-state index contributed by atoms with van der Waals surface area (Å²) in [5.41, 5.74) is 8.48. The number of hydrogen-bond acceptors (Lipinski definition) is 3. The lowest BCUT2D eigenvalue weighted by molar-refractivity contribution is 0.919. The minimum absolute atomic E-state index is 0.0957. The SMILES string of the molecule is CN(Cc1ccncc1)c1ccc(C(=N)N)cc1. The number of hydrogen-bond donors (Lipinski definition) is 2. The topological polar surface area (TPSA) is 66.0 Å². The van der Waals surface area contributed by atoms with Gasteiger partial charge in [-0.05, 0) is 42.0 Å². The summed E-state index contributed by atoms with van der Waals surface area (Å²) >= 11 is 0. The van der Waals surface area contributed by atoms with Gasteiger partial charge in [-0.1, -0.05) is 0 Å². The Bertz CT molecular complexity index is 519. The minimum atomic E-state index is 0.0957. The second-order valence-electron chi connectivity index (χ2n) is 4.17. The molecule has 0 fully saturated rings. The maximum absolute atomic E-state index is 7.35. The van der Waals surface area contributed by atoms with Gasteiger partial charge in [0.1, 0.15) is 5.84 Å². The predicted octanol–water partition coefficient (Wildman–Crippen LogP) is 2.00. The van der Waals surface area contributed by atoms with Gasteiger partial charge in [0.05, 0.1) is 0 Å². The third-order valence-corrected chi connectivity index (χ3v) is 2.79. The highest BCUT2D eigenvalue weighted by Gasteiger charge is 2.03. The van der Waals surface area contributed by atoms with Crippen LogP contribution < -0.4 is 10.6 Å². The molecule has 92 valence electrons. The molecular formula is C14H16N4. The molecule has 1 heterocycles. The molecule has 0 saturated carbocycles. The van der Waals surface area contributed by atoms with Crippen LogP contribution in [0.25, 0.3) is 0 Å². The Balaban J connectivity index is 2.09. The maximum atomic E-state index is 7.35. The third kappa shape index (κ3) is 2.85. The first kappa shape index (κ1) is 12.1. The van der Waals surface area contributed by atoms with Gasteiger partial charge in [0, 0.05) is 37.2 Å². The normalized spacial score (nSPS) is 10.1. The van der Waals surface area contributed by atoms with Gasteiger partial charge in [-0.15, -0.1) is 0 Å². The highest BCUT2D eigenvalue weighted by atomic mass is 15.1. The number of nitrogen functional groups attached to an aromatic ring is 1. The Kier molecular flexibility index (Phi) is 3.57. The number of anilines is 1. The van der Waals surface area contributed by atoms with E-state index in [1.165, 1.54) is 5.56 Å². The van der Waals surface area contributed by atoms with Gasteiger partial charge in [-0.3, -0.25) is 10.4 Å². The number of nitrogens with one attached hydrogen (secondary N) is 1. The van der Waals surface area contributed by atoms with Crippen LogP contribution >= 0.6 is 0 Å². The predicted molar refractivity (Wildman–Crippen MR) is 73.8 cm³/mol. The fraction of sp³-hybridized carbons (Fsp3) is 0.143. The van der Waals surface area contributed by atoms with Crippen LogP contribution in [0.2, 0.25) is 0 Å². The Labute approximate surface area is 107 Å². The molecule has 4 nitrogen and oxygen atoms in total. The second kappa shape index (κ2) is 5.31. The lowest BCUT2D eigenvalue weighted by Crippen LogP contribution is -2.17. The van der Waals surface area contributed by atoms with Crippen molar-refractivity contribution in [2.75, 3.05) is 11.9 Å². The first-order chi connectivity index (χ1) is 8.66. The molecule has 0 aliphatic carbocycles. The summed E-state index contributed by atoms with van der Waals surface area (Å²) < 4.78 is 0. The fourth-order valence-electron chi connectivity index (χ4n) is 1.75. The summed E-state index contributed by atoms with van der Waals surface area (Å²) in [7, 11) is 2.03. The lowest BCUT2D eigenvalue weighted by Gasteiger charge is -2.19. The van der Waals surface area contributed by atoms with E-state index in [1.54, 1.807) is 12.4 Å². The van der Waals surface area contributed by atoms with E-state index >= 15 is 0 Å². The second-order valence-corrected chi connectivity index (χ2v) is 4.17. The van der Waals surface area contributed by atoms with Crippen LogP contribution in [0.1, 0.15) is 11.1 Å². The van der Waals surface area contributed by atoms with Crippen molar-refractivity contribution in [1.29, 1.82) is 5.41 Å². The molecule has 0 atom stereocenters. The lowest BCUT2D eigenvalue weighted by atomic mass is 10.1. The summed E-state index contributed by atoms with van der Waals surface area (Å²) in [5, 5.41) is 7.35. The van der Waals surface area contributed by atoms with Crippen LogP contribution in [0.15, 0.2) is 48.8 Å². The monoisotopic (exact) mass is 240 g/mol. The molecular weight excluding hydrogens is 224 g/mol. The zero-order valence-electron chi connectivity index (χ0n) is 10.3. The third-order valence-electron chi connectivity index (χ3n) is 2.79. The van der Waals surface area contributed by atoms with Crippen molar-refractivity contribution >= 4 is 11.5 Å². The number of amidine groups is 1. The number of nitrogens with two attached hydrogens (primary N) is 1. The van der Waals surface area contributed by atoms with Crippen LogP contribution in [-0.4, -0.2) is 17.9 Å². The van der Waals surface area contributed by atoms with E-state index in [9.17, 15) is 0 Å². The number of aromatic nitrogens is 1. The standard InChI is InChI=1S/C14H16N4/c1-18(10-11-6-8-17-9-7-11)13-4-2-12(3-5-13)14(15)16/h2-9H,10H2,1H3,(H3,15,16). The highest BCUT2D eigenvalue weighted by molar-refractivity contribution is 5.95. The molecule has 3 N–H and O–H groups in total. The van der Waals surface area contributed by atoms with Crippen molar-refractivity contribution < 1.29 is 0 Å². The van der Waals surface area contributed by atoms with Crippen molar-refractivity contribution in [3.8, 4) is 0 Å². The van der Waals surface area contributed by atoms with Gasteiger partial charge in [0.2, 0.25) is 0 Å². The van der Waals surface area contributed by atoms with Crippen molar-refractivity contribution in [2.45, 2.75) is 6.54 Å². The van der Waals surface area contributed by atoms with Gasteiger partial charge >= 0.3 is 0 Å². The first-order valence-electron chi connectivity index (χ1n) is 5.71. The Morgan fingerprint density at radius 3 is 2.33 bits per heavy atom. The van der Waals surface area contributed by atoms with E-state index in [0.29, 0.717) is 0 Å². The summed E-state index contributed by atoms with van der Waals surface area (Å²) in [4.78, 5) is 6.14. The largest absolute Gasteiger partial charge is 0.384 e. The molecule has 0 unspecified atom stereocenters. The molecule has 2 aromatic rings. The van der Waals surface area contributed by atoms with Crippen molar-refractivity contribution in [3.63, 3.8) is 0 Å². The van der Waals surface area contributed by atoms with Crippen LogP contribution in [0.4, 0.5) is 5.69 Å². The number of pyridine rings is 1. The number of nitrogens with zero attached hydrogens (tertiary/aromatic N) is 2. The maximum Gasteiger partial charge on any atom is 0.122 e. The first-order valence-corrected chi connectivity index (χ1v) is 5.71. The molecule has 18 heavy (non-hydrogen) atoms. The molecule has 0 radical (unpaired) electrons. The molecule has 0 aliphatic heterocycles. The molecule has 4 heteroatoms. The summed E-state index contributed by atoms with van der Waals surface area (Å²) in [6.07, 6.45) is 3.59.